The number of likely N-dealkylation sites (N-methyl/N-ethyl adjacent to an activating group) is 1. The van der Waals surface area contributed by atoms with Crippen LogP contribution in [0.2, 0.25) is 0 Å². The van der Waals surface area contributed by atoms with E-state index in [1.165, 1.54) is 12.0 Å². The number of ether oxygens (including phenoxy) is 2. The Hall–Kier alpha value is -1.26. The maximum atomic E-state index is 12.0. The summed E-state index contributed by atoms with van der Waals surface area (Å²) in [6.45, 7) is 9.47. The van der Waals surface area contributed by atoms with Crippen LogP contribution in [0, 0.1) is 5.92 Å². The smallest absolute Gasteiger partial charge is 0.410 e. The molecule has 0 aliphatic rings. The normalized spacial score (nSPS) is 14.5. The third-order valence-corrected chi connectivity index (χ3v) is 2.94. The molecule has 2 atom stereocenters. The monoisotopic (exact) mass is 273 g/mol. The molecular formula is C14H27NO4. The first kappa shape index (κ1) is 17.7. The van der Waals surface area contributed by atoms with Crippen molar-refractivity contribution in [2.75, 3.05) is 14.2 Å². The molecule has 0 aromatic rings. The fraction of sp³-hybridized carbons (Fsp3) is 0.857. The van der Waals surface area contributed by atoms with E-state index in [0.717, 1.165) is 6.42 Å². The molecule has 0 aromatic carbocycles. The van der Waals surface area contributed by atoms with Crippen molar-refractivity contribution in [2.45, 2.75) is 59.1 Å². The zero-order valence-corrected chi connectivity index (χ0v) is 13.1. The molecule has 0 fully saturated rings. The lowest BCUT2D eigenvalue weighted by Gasteiger charge is -2.30. The summed E-state index contributed by atoms with van der Waals surface area (Å²) in [5, 5.41) is 0. The van der Waals surface area contributed by atoms with Crippen LogP contribution in [0.4, 0.5) is 4.79 Å². The summed E-state index contributed by atoms with van der Waals surface area (Å²) in [6.07, 6.45) is 1.00. The molecule has 0 aromatic heterocycles. The summed E-state index contributed by atoms with van der Waals surface area (Å²) in [5.41, 5.74) is -0.581. The lowest BCUT2D eigenvalue weighted by molar-refractivity contribution is -0.147. The quantitative estimate of drug-likeness (QED) is 0.723. The summed E-state index contributed by atoms with van der Waals surface area (Å²) in [7, 11) is 2.90. The Bertz CT molecular complexity index is 309. The summed E-state index contributed by atoms with van der Waals surface area (Å²) in [6, 6.07) is -0.602. The Kier molecular flexibility index (Phi) is 6.87. The maximum absolute atomic E-state index is 12.0. The van der Waals surface area contributed by atoms with E-state index in [1.807, 2.05) is 13.8 Å². The Balaban J connectivity index is 4.84. The third-order valence-electron chi connectivity index (χ3n) is 2.94. The van der Waals surface area contributed by atoms with Gasteiger partial charge in [-0.25, -0.2) is 9.59 Å². The van der Waals surface area contributed by atoms with Gasteiger partial charge in [-0.05, 0) is 33.1 Å². The molecule has 2 unspecified atom stereocenters. The minimum absolute atomic E-state index is 0.328. The highest BCUT2D eigenvalue weighted by Crippen LogP contribution is 2.18. The first-order chi connectivity index (χ1) is 8.62. The summed E-state index contributed by atoms with van der Waals surface area (Å²) >= 11 is 0. The number of methoxy groups -OCH3 is 1. The molecule has 0 rings (SSSR count). The highest BCUT2D eigenvalue weighted by Gasteiger charge is 2.31. The van der Waals surface area contributed by atoms with Crippen molar-refractivity contribution in [3.8, 4) is 0 Å². The Morgan fingerprint density at radius 3 is 2.16 bits per heavy atom. The lowest BCUT2D eigenvalue weighted by atomic mass is 9.99. The fourth-order valence-electron chi connectivity index (χ4n) is 1.56. The van der Waals surface area contributed by atoms with Gasteiger partial charge in [0, 0.05) is 7.05 Å². The van der Waals surface area contributed by atoms with Crippen LogP contribution in [0.5, 0.6) is 0 Å². The molecule has 1 amide bonds. The molecule has 0 spiro atoms. The number of hydrogen-bond acceptors (Lipinski definition) is 4. The zero-order valence-electron chi connectivity index (χ0n) is 13.1. The number of esters is 1. The number of carbonyl (C=O) groups is 2. The number of nitrogens with zero attached hydrogens (tertiary/aromatic N) is 1. The van der Waals surface area contributed by atoms with Crippen LogP contribution < -0.4 is 0 Å². The molecular weight excluding hydrogens is 246 g/mol. The van der Waals surface area contributed by atoms with Gasteiger partial charge in [-0.2, -0.15) is 0 Å². The van der Waals surface area contributed by atoms with E-state index >= 15 is 0 Å². The van der Waals surface area contributed by atoms with Crippen LogP contribution in [0.15, 0.2) is 0 Å². The van der Waals surface area contributed by atoms with Gasteiger partial charge in [0.1, 0.15) is 11.6 Å². The highest BCUT2D eigenvalue weighted by molar-refractivity contribution is 5.81. The third kappa shape index (κ3) is 6.45. The molecule has 0 aliphatic heterocycles. The molecule has 0 saturated heterocycles. The molecule has 0 heterocycles. The van der Waals surface area contributed by atoms with Gasteiger partial charge >= 0.3 is 12.1 Å². The Morgan fingerprint density at radius 2 is 1.79 bits per heavy atom. The van der Waals surface area contributed by atoms with Crippen LogP contribution in [-0.4, -0.2) is 42.8 Å². The molecule has 0 saturated carbocycles. The van der Waals surface area contributed by atoms with E-state index in [4.69, 9.17) is 9.47 Å². The molecule has 5 heteroatoms. The average molecular weight is 273 g/mol. The molecule has 0 radical (unpaired) electrons. The Morgan fingerprint density at radius 1 is 1.26 bits per heavy atom. The van der Waals surface area contributed by atoms with Gasteiger partial charge in [0.25, 0.3) is 0 Å². The molecule has 5 nitrogen and oxygen atoms in total. The van der Waals surface area contributed by atoms with E-state index in [9.17, 15) is 9.59 Å². The van der Waals surface area contributed by atoms with Gasteiger partial charge in [0.05, 0.1) is 7.11 Å². The van der Waals surface area contributed by atoms with Crippen LogP contribution >= 0.6 is 0 Å². The molecule has 0 bridgehead atoms. The maximum Gasteiger partial charge on any atom is 0.410 e. The number of rotatable bonds is 5. The highest BCUT2D eigenvalue weighted by atomic mass is 16.6. The largest absolute Gasteiger partial charge is 0.467 e. The minimum atomic E-state index is -0.602. The molecule has 19 heavy (non-hydrogen) atoms. The van der Waals surface area contributed by atoms with Crippen LogP contribution in [0.3, 0.4) is 0 Å². The van der Waals surface area contributed by atoms with Crippen molar-refractivity contribution in [3.63, 3.8) is 0 Å². The van der Waals surface area contributed by atoms with Crippen LogP contribution in [-0.2, 0) is 14.3 Å². The Labute approximate surface area is 116 Å². The van der Waals surface area contributed by atoms with Crippen molar-refractivity contribution in [1.82, 2.24) is 4.90 Å². The van der Waals surface area contributed by atoms with Crippen molar-refractivity contribution < 1.29 is 19.1 Å². The average Bonchev–Trinajstić information content (AvgIpc) is 2.31. The van der Waals surface area contributed by atoms with Crippen molar-refractivity contribution >= 4 is 12.1 Å². The van der Waals surface area contributed by atoms with Gasteiger partial charge in [0.2, 0.25) is 0 Å². The predicted octanol–water partition coefficient (Wildman–Crippen LogP) is 2.83. The van der Waals surface area contributed by atoms with Gasteiger partial charge < -0.3 is 9.47 Å². The molecule has 0 aliphatic carbocycles. The van der Waals surface area contributed by atoms with Crippen molar-refractivity contribution in [2.24, 2.45) is 5.92 Å². The van der Waals surface area contributed by atoms with E-state index in [0.29, 0.717) is 12.3 Å². The predicted molar refractivity (Wildman–Crippen MR) is 73.9 cm³/mol. The topological polar surface area (TPSA) is 55.8 Å². The summed E-state index contributed by atoms with van der Waals surface area (Å²) < 4.78 is 10.0. The second-order valence-electron chi connectivity index (χ2n) is 5.88. The van der Waals surface area contributed by atoms with E-state index in [-0.39, 0.29) is 0 Å². The van der Waals surface area contributed by atoms with Crippen LogP contribution in [0.25, 0.3) is 0 Å². The van der Waals surface area contributed by atoms with E-state index < -0.39 is 23.7 Å². The van der Waals surface area contributed by atoms with E-state index in [2.05, 4.69) is 0 Å². The minimum Gasteiger partial charge on any atom is -0.467 e. The number of hydrogen-bond donors (Lipinski definition) is 0. The first-order valence-electron chi connectivity index (χ1n) is 6.66. The number of amides is 1. The van der Waals surface area contributed by atoms with Gasteiger partial charge in [-0.3, -0.25) is 4.90 Å². The van der Waals surface area contributed by atoms with Gasteiger partial charge in [-0.1, -0.05) is 20.3 Å². The summed E-state index contributed by atoms with van der Waals surface area (Å²) in [4.78, 5) is 25.1. The second-order valence-corrected chi connectivity index (χ2v) is 5.88. The van der Waals surface area contributed by atoms with Crippen LogP contribution in [0.1, 0.15) is 47.5 Å². The second kappa shape index (κ2) is 7.36. The van der Waals surface area contributed by atoms with Gasteiger partial charge in [-0.15, -0.1) is 0 Å². The van der Waals surface area contributed by atoms with Gasteiger partial charge in [0.15, 0.2) is 0 Å². The van der Waals surface area contributed by atoms with Crippen molar-refractivity contribution in [3.05, 3.63) is 0 Å². The van der Waals surface area contributed by atoms with E-state index in [1.54, 1.807) is 27.8 Å². The molecule has 112 valence electrons. The number of carbonyl (C=O) groups excluding carboxylic acids is 2. The standard InChI is InChI=1S/C14H27NO4/c1-8-10(2)9-11(12(16)18-7)15(6)13(17)19-14(3,4)5/h10-11H,8-9H2,1-7H3. The molecule has 0 N–H and O–H groups in total. The first-order valence-corrected chi connectivity index (χ1v) is 6.66. The fourth-order valence-corrected chi connectivity index (χ4v) is 1.56. The van der Waals surface area contributed by atoms with Crippen molar-refractivity contribution in [1.29, 1.82) is 0 Å². The summed E-state index contributed by atoms with van der Waals surface area (Å²) in [5.74, 6) is -0.0809. The lowest BCUT2D eigenvalue weighted by Crippen LogP contribution is -2.46. The SMILES string of the molecule is CCC(C)CC(C(=O)OC)N(C)C(=O)OC(C)(C)C. The zero-order chi connectivity index (χ0) is 15.2.